The van der Waals surface area contributed by atoms with E-state index in [4.69, 9.17) is 51.3 Å². The summed E-state index contributed by atoms with van der Waals surface area (Å²) in [5.74, 6) is 3.09. The van der Waals surface area contributed by atoms with Crippen molar-refractivity contribution < 1.29 is 92.6 Å². The van der Waals surface area contributed by atoms with Gasteiger partial charge in [0.2, 0.25) is 0 Å². The Bertz CT molecular complexity index is 10400. The van der Waals surface area contributed by atoms with Gasteiger partial charge in [-0.25, -0.2) is 16.0 Å². The summed E-state index contributed by atoms with van der Waals surface area (Å²) in [6.07, 6.45) is 16.2. The molecule has 0 radical (unpaired) electrons. The van der Waals surface area contributed by atoms with Crippen molar-refractivity contribution in [2.75, 3.05) is 4.90 Å². The van der Waals surface area contributed by atoms with E-state index in [1.807, 2.05) is 213 Å². The summed E-state index contributed by atoms with van der Waals surface area (Å²) in [7, 11) is 0. The third kappa shape index (κ3) is 16.2. The van der Waals surface area contributed by atoms with E-state index in [1.54, 1.807) is 54.7 Å². The molecule has 0 saturated heterocycles. The number of ether oxygens (including phenoxy) is 2. The van der Waals surface area contributed by atoms with Gasteiger partial charge in [0.25, 0.3) is 12.7 Å². The number of hydrogen-bond donors (Lipinski definition) is 0. The smallest absolute Gasteiger partial charge is 0.268 e. The first-order valence-corrected chi connectivity index (χ1v) is 46.2. The molecule has 7 aromatic heterocycles. The van der Waals surface area contributed by atoms with Crippen molar-refractivity contribution in [2.45, 2.75) is 64.5 Å². The number of benzene rings is 17. The van der Waals surface area contributed by atoms with Crippen LogP contribution in [0.3, 0.4) is 0 Å². The van der Waals surface area contributed by atoms with Crippen LogP contribution in [0.25, 0.3) is 184 Å². The maximum Gasteiger partial charge on any atom is 0.268 e. The van der Waals surface area contributed by atoms with E-state index in [0.717, 1.165) is 82.3 Å². The predicted molar refractivity (Wildman–Crippen MR) is 568 cm³/mol. The van der Waals surface area contributed by atoms with Crippen molar-refractivity contribution in [1.29, 1.82) is 0 Å². The van der Waals surface area contributed by atoms with E-state index in [9.17, 15) is 0 Å². The first-order chi connectivity index (χ1) is 77.5. The molecule has 26 rings (SSSR count). The van der Waals surface area contributed by atoms with Crippen LogP contribution in [0.4, 0.5) is 11.4 Å². The number of hydrogen-bond acceptors (Lipinski definition) is 6. The molecular weight excluding hydrogens is 2120 g/mol. The molecule has 2 atom stereocenters. The molecule has 0 N–H and O–H groups in total. The monoisotopic (exact) mass is 2230 g/mol. The van der Waals surface area contributed by atoms with Gasteiger partial charge in [-0.3, -0.25) is 9.13 Å². The molecule has 0 amide bonds. The number of anilines is 2. The van der Waals surface area contributed by atoms with Crippen molar-refractivity contribution in [3.8, 4) is 102 Å². The molecule has 13 nitrogen and oxygen atoms in total. The zero-order valence-corrected chi connectivity index (χ0v) is 82.1. The second-order valence-corrected chi connectivity index (χ2v) is 36.5. The Kier molecular flexibility index (Phi) is 18.3. The van der Waals surface area contributed by atoms with Gasteiger partial charge in [-0.1, -0.05) is 372 Å². The summed E-state index contributed by atoms with van der Waals surface area (Å²) in [4.78, 5) is 12.0. The molecule has 0 fully saturated rings. The third-order valence-electron chi connectivity index (χ3n) is 25.9. The molecule has 1 aliphatic heterocycles. The van der Waals surface area contributed by atoms with Crippen LogP contribution < -0.4 is 34.1 Å². The second-order valence-electron chi connectivity index (χ2n) is 36.5. The van der Waals surface area contributed by atoms with Gasteiger partial charge in [0.15, 0.2) is 17.2 Å². The van der Waals surface area contributed by atoms with E-state index < -0.39 is 133 Å². The topological polar surface area (TPSA) is 93.0 Å². The Hall–Kier alpha value is -16.6. The second kappa shape index (κ2) is 37.2. The fraction of sp³-hybridized carbons (Fsp3) is 0.0781. The average Bonchev–Trinajstić information content (AvgIpc) is 1.49. The molecule has 696 valence electrons. The molecule has 24 aromatic rings. The Balaban J connectivity index is 0.000000173. The average molecular weight is 2230 g/mol. The Morgan fingerprint density at radius 1 is 0.350 bits per heavy atom. The number of imidazole rings is 2. The van der Waals surface area contributed by atoms with Gasteiger partial charge < -0.3 is 41.6 Å². The number of rotatable bonds is 12. The van der Waals surface area contributed by atoms with Gasteiger partial charge in [0, 0.05) is 88.0 Å². The van der Waals surface area contributed by atoms with Gasteiger partial charge in [0.05, 0.1) is 72.1 Å². The molecule has 2 unspecified atom stereocenters. The molecular formula is C128H92N10O3Pt2-4. The minimum absolute atomic E-state index is 0. The van der Waals surface area contributed by atoms with Crippen LogP contribution in [-0.2, 0) is 53.0 Å². The predicted octanol–water partition coefficient (Wildman–Crippen LogP) is 28.1. The van der Waals surface area contributed by atoms with Crippen molar-refractivity contribution >= 4 is 111 Å². The Labute approximate surface area is 885 Å². The van der Waals surface area contributed by atoms with Crippen LogP contribution >= 0.6 is 0 Å². The van der Waals surface area contributed by atoms with Crippen LogP contribution in [0, 0.1) is 30.9 Å². The standard InChI is InChI=1S/C64H47N5O2.C64H45N5O.2Pt/c1-64(2,3)45-36-37-65-62(38-45)69-52-29-11-10-26-50(52)51-40-61-57(41-56(51)69)68(55-32-14-15-33-58(55)70-59-34-16-17-35-60(59)71-61)47-25-18-24-46(39-47)66-42-67(54-31-13-12-30-53(54)66)63-48(43-20-6-4-7-21-43)27-19-28-49(63)44-22-8-5-9-23-44;1-64(2,3)45-36-37-65-62(38-45)69-55-32-14-11-27-51(55)53-40-61-59(41-58(53)69)68(54-31-13-10-26-50(54)52-28-12-17-35-60(52)70-61)47-25-18-24-46(39-47)66-42-67(57-34-16-15-33-56(57)66)63-48(43-20-6-4-7-21-43)29-19-30-49(63)44-22-8-5-9-23-44;;/h4-38,40,57,61H,1-3H3;4-38,40H,1-3H3;;/q2*-2;;/i2*4D,5D,6D,7D,8D,9D,20D,21D,22D,23D;;. The molecule has 15 heteroatoms. The fourth-order valence-electron chi connectivity index (χ4n) is 19.4. The molecule has 8 heterocycles. The van der Waals surface area contributed by atoms with E-state index in [1.165, 1.54) is 0 Å². The molecule has 2 aliphatic rings. The summed E-state index contributed by atoms with van der Waals surface area (Å²) in [6, 6.07) is 94.2. The molecule has 0 bridgehead atoms. The van der Waals surface area contributed by atoms with Gasteiger partial charge in [-0.05, 0) is 162 Å². The van der Waals surface area contributed by atoms with E-state index in [0.29, 0.717) is 84.4 Å². The summed E-state index contributed by atoms with van der Waals surface area (Å²) in [5.41, 5.74) is 12.6. The fourth-order valence-corrected chi connectivity index (χ4v) is 19.4. The number of fused-ring (bicyclic) bond motifs is 15. The third-order valence-corrected chi connectivity index (χ3v) is 25.9. The van der Waals surface area contributed by atoms with E-state index >= 15 is 0 Å². The van der Waals surface area contributed by atoms with Gasteiger partial charge in [-0.15, -0.1) is 40.9 Å². The van der Waals surface area contributed by atoms with Crippen molar-refractivity contribution in [2.24, 2.45) is 0 Å². The Morgan fingerprint density at radius 3 is 1.31 bits per heavy atom. The molecule has 0 spiro atoms. The van der Waals surface area contributed by atoms with Crippen LogP contribution in [-0.4, -0.2) is 44.9 Å². The van der Waals surface area contributed by atoms with Gasteiger partial charge >= 0.3 is 0 Å². The van der Waals surface area contributed by atoms with Crippen molar-refractivity contribution in [1.82, 2.24) is 32.8 Å². The zero-order valence-electron chi connectivity index (χ0n) is 97.5. The summed E-state index contributed by atoms with van der Waals surface area (Å²) in [6.45, 7) is 13.1. The number of aromatic nitrogens is 9. The number of pyridine rings is 2. The maximum absolute atomic E-state index is 9.17. The molecule has 1 aliphatic carbocycles. The molecule has 143 heavy (non-hydrogen) atoms. The van der Waals surface area contributed by atoms with Crippen LogP contribution in [0.2, 0.25) is 0 Å². The normalized spacial score (nSPS) is 15.3. The summed E-state index contributed by atoms with van der Waals surface area (Å²) >= 11 is 0. The molecule has 0 saturated carbocycles. The van der Waals surface area contributed by atoms with Crippen LogP contribution in [0.15, 0.2) is 435 Å². The first-order valence-electron chi connectivity index (χ1n) is 56.2. The zero-order chi connectivity index (χ0) is 112. The van der Waals surface area contributed by atoms with Gasteiger partial charge in [0.1, 0.15) is 23.3 Å². The van der Waals surface area contributed by atoms with E-state index in [-0.39, 0.29) is 109 Å². The quantitative estimate of drug-likeness (QED) is 0.0894. The van der Waals surface area contributed by atoms with Gasteiger partial charge in [-0.2, -0.15) is 36.4 Å². The first kappa shape index (κ1) is 70.1. The molecule has 17 aromatic carbocycles. The van der Waals surface area contributed by atoms with Crippen molar-refractivity contribution in [3.63, 3.8) is 0 Å². The minimum Gasteiger partial charge on any atom is -0.514 e. The maximum atomic E-state index is 9.17. The summed E-state index contributed by atoms with van der Waals surface area (Å²) in [5, 5.41) is 6.40. The number of para-hydroxylation sites is 14. The SMILES string of the molecule is [2H]c1c([2H])c([2H])c(-c2cccc(-c3c([2H])c([2H])c([2H])c([2H])c3[2H])c2-[n+]2[c-]n(-c3[c-]c(-n4c5[c-]c6c(cc5oc5ccccc5c5ccccc54)c4ccccc4n6-c4cc(C(C)(C)C)ccn4)ccc3)c3ccccc32)c([2H])c1[2H].[2H]c1c([2H])c([2H])c(-c2cccc(-c3c([2H])c([2H])c([2H])c([2H])c3[2H])c2-[n+]2[c-]n(-c3[c-]c(N4c5ccccc5Oc5ccccc5OC5C=c6c(n(-c7cc(C(C)(C)C)ccn7)c7ccccc67)=[C-]C54)ccc3)c3ccccc32)c([2H])c1[2H].[Pt].[Pt]. The minimum atomic E-state index is -0.687. The van der Waals surface area contributed by atoms with Crippen molar-refractivity contribution in [3.05, 3.63) is 483 Å². The Morgan fingerprint density at radius 2 is 0.769 bits per heavy atom. The summed E-state index contributed by atoms with van der Waals surface area (Å²) < 4.78 is 211. The van der Waals surface area contributed by atoms with E-state index in [2.05, 4.69) is 164 Å². The van der Waals surface area contributed by atoms with Crippen LogP contribution in [0.1, 0.15) is 80.1 Å². The largest absolute Gasteiger partial charge is 0.514 e. The number of nitrogens with zero attached hydrogens (tertiary/aromatic N) is 10. The van der Waals surface area contributed by atoms with Crippen LogP contribution in [0.5, 0.6) is 17.2 Å².